The number of benzene rings is 1. The third-order valence-corrected chi connectivity index (χ3v) is 3.41. The molecule has 0 aliphatic rings. The van der Waals surface area contributed by atoms with Gasteiger partial charge in [-0.25, -0.2) is 0 Å². The average Bonchev–Trinajstić information content (AvgIpc) is 2.43. The molecule has 0 aliphatic heterocycles. The van der Waals surface area contributed by atoms with Crippen molar-refractivity contribution in [3.05, 3.63) is 28.8 Å². The lowest BCUT2D eigenvalue weighted by Gasteiger charge is -2.19. The highest BCUT2D eigenvalue weighted by atomic mass is 127. The van der Waals surface area contributed by atoms with Gasteiger partial charge in [-0.3, -0.25) is 9.79 Å². The minimum atomic E-state index is -0.128. The first-order valence-corrected chi connectivity index (χ1v) is 7.46. The van der Waals surface area contributed by atoms with Gasteiger partial charge in [-0.15, -0.1) is 24.0 Å². The second-order valence-corrected chi connectivity index (χ2v) is 5.10. The van der Waals surface area contributed by atoms with Gasteiger partial charge in [-0.1, -0.05) is 17.7 Å². The molecule has 3 N–H and O–H groups in total. The molecule has 0 spiro atoms. The van der Waals surface area contributed by atoms with E-state index in [1.54, 1.807) is 6.07 Å². The summed E-state index contributed by atoms with van der Waals surface area (Å²) in [6.45, 7) is 7.93. The summed E-state index contributed by atoms with van der Waals surface area (Å²) in [5, 5.41) is 3.31. The zero-order valence-corrected chi connectivity index (χ0v) is 16.3. The topological polar surface area (TPSA) is 70.7 Å². The van der Waals surface area contributed by atoms with E-state index in [-0.39, 0.29) is 36.3 Å². The van der Waals surface area contributed by atoms with Crippen molar-refractivity contribution in [2.75, 3.05) is 25.0 Å². The first-order chi connectivity index (χ1) is 9.97. The van der Waals surface area contributed by atoms with Gasteiger partial charge in [0, 0.05) is 19.5 Å². The molecule has 0 saturated heterocycles. The molecule has 0 aliphatic carbocycles. The Kier molecular flexibility index (Phi) is 10.2. The van der Waals surface area contributed by atoms with E-state index in [2.05, 4.69) is 10.3 Å². The standard InChI is InChI=1S/C15H23ClN4O.HI/c1-4-20(5-2)15(17)18-9-8-14(21)19-13-7-6-11(3)10-12(13)16;/h6-7,10H,4-5,8-9H2,1-3H3,(H2,17,18)(H,19,21);1H. The van der Waals surface area contributed by atoms with Gasteiger partial charge >= 0.3 is 0 Å². The summed E-state index contributed by atoms with van der Waals surface area (Å²) in [7, 11) is 0. The number of nitrogens with zero attached hydrogens (tertiary/aromatic N) is 2. The average molecular weight is 439 g/mol. The Morgan fingerprint density at radius 2 is 2.00 bits per heavy atom. The van der Waals surface area contributed by atoms with Crippen molar-refractivity contribution < 1.29 is 4.79 Å². The van der Waals surface area contributed by atoms with Crippen LogP contribution in [0.5, 0.6) is 0 Å². The summed E-state index contributed by atoms with van der Waals surface area (Å²) in [4.78, 5) is 18.0. The van der Waals surface area contributed by atoms with Gasteiger partial charge in [0.15, 0.2) is 5.96 Å². The molecule has 1 aromatic carbocycles. The summed E-state index contributed by atoms with van der Waals surface area (Å²) in [5.41, 5.74) is 7.51. The van der Waals surface area contributed by atoms with Crippen LogP contribution in [0.25, 0.3) is 0 Å². The number of rotatable bonds is 6. The predicted octanol–water partition coefficient (Wildman–Crippen LogP) is 3.25. The van der Waals surface area contributed by atoms with Crippen LogP contribution in [0.4, 0.5) is 5.69 Å². The lowest BCUT2D eigenvalue weighted by atomic mass is 10.2. The molecule has 1 amide bonds. The molecule has 0 bridgehead atoms. The Labute approximate surface area is 154 Å². The van der Waals surface area contributed by atoms with Crippen LogP contribution in [0, 0.1) is 6.92 Å². The first-order valence-electron chi connectivity index (χ1n) is 7.08. The van der Waals surface area contributed by atoms with Crippen LogP contribution in [0.1, 0.15) is 25.8 Å². The molecule has 22 heavy (non-hydrogen) atoms. The third-order valence-electron chi connectivity index (χ3n) is 3.10. The summed E-state index contributed by atoms with van der Waals surface area (Å²) in [5.74, 6) is 0.345. The number of carbonyl (C=O) groups is 1. The van der Waals surface area contributed by atoms with Gasteiger partial charge in [0.25, 0.3) is 0 Å². The largest absolute Gasteiger partial charge is 0.370 e. The number of aliphatic imine (C=N–C) groups is 1. The molecule has 0 heterocycles. The fourth-order valence-corrected chi connectivity index (χ4v) is 2.14. The molecule has 0 radical (unpaired) electrons. The number of amides is 1. The van der Waals surface area contributed by atoms with E-state index in [1.807, 2.05) is 37.8 Å². The molecule has 0 saturated carbocycles. The molecule has 7 heteroatoms. The molecule has 0 aromatic heterocycles. The minimum Gasteiger partial charge on any atom is -0.370 e. The molecule has 5 nitrogen and oxygen atoms in total. The van der Waals surface area contributed by atoms with Gasteiger partial charge in [0.1, 0.15) is 0 Å². The minimum absolute atomic E-state index is 0. The number of guanidine groups is 1. The second-order valence-electron chi connectivity index (χ2n) is 4.69. The number of nitrogens with one attached hydrogen (secondary N) is 1. The van der Waals surface area contributed by atoms with E-state index in [0.29, 0.717) is 23.2 Å². The number of anilines is 1. The van der Waals surface area contributed by atoms with Crippen molar-refractivity contribution in [2.24, 2.45) is 10.7 Å². The summed E-state index contributed by atoms with van der Waals surface area (Å²) in [6.07, 6.45) is 0.270. The maximum atomic E-state index is 11.8. The van der Waals surface area contributed by atoms with Crippen molar-refractivity contribution in [3.8, 4) is 0 Å². The highest BCUT2D eigenvalue weighted by Crippen LogP contribution is 2.22. The lowest BCUT2D eigenvalue weighted by Crippen LogP contribution is -2.37. The van der Waals surface area contributed by atoms with E-state index >= 15 is 0 Å². The molecule has 0 atom stereocenters. The predicted molar refractivity (Wildman–Crippen MR) is 104 cm³/mol. The first kappa shape index (κ1) is 21.0. The SMILES string of the molecule is CCN(CC)C(N)=NCCC(=O)Nc1ccc(C)cc1Cl.I. The van der Waals surface area contributed by atoms with Gasteiger partial charge < -0.3 is 16.0 Å². The van der Waals surface area contributed by atoms with E-state index < -0.39 is 0 Å². The van der Waals surface area contributed by atoms with Crippen LogP contribution in [0.15, 0.2) is 23.2 Å². The number of halogens is 2. The number of nitrogens with two attached hydrogens (primary N) is 1. The summed E-state index contributed by atoms with van der Waals surface area (Å²) >= 11 is 6.07. The molecule has 124 valence electrons. The zero-order valence-electron chi connectivity index (χ0n) is 13.2. The van der Waals surface area contributed by atoms with Crippen molar-refractivity contribution in [2.45, 2.75) is 27.2 Å². The van der Waals surface area contributed by atoms with Crippen molar-refractivity contribution in [1.82, 2.24) is 4.90 Å². The van der Waals surface area contributed by atoms with E-state index in [1.165, 1.54) is 0 Å². The number of hydrogen-bond donors (Lipinski definition) is 2. The third kappa shape index (κ3) is 6.83. The van der Waals surface area contributed by atoms with Crippen LogP contribution in [-0.4, -0.2) is 36.4 Å². The summed E-state index contributed by atoms with van der Waals surface area (Å²) < 4.78 is 0. The van der Waals surface area contributed by atoms with Crippen molar-refractivity contribution in [1.29, 1.82) is 0 Å². The van der Waals surface area contributed by atoms with Crippen LogP contribution < -0.4 is 11.1 Å². The van der Waals surface area contributed by atoms with Gasteiger partial charge in [0.2, 0.25) is 5.91 Å². The zero-order chi connectivity index (χ0) is 15.8. The Bertz CT molecular complexity index is 518. The van der Waals surface area contributed by atoms with Gasteiger partial charge in [0.05, 0.1) is 17.3 Å². The molecule has 1 aromatic rings. The maximum absolute atomic E-state index is 11.8. The van der Waals surface area contributed by atoms with Crippen molar-refractivity contribution in [3.63, 3.8) is 0 Å². The number of carbonyl (C=O) groups excluding carboxylic acids is 1. The normalized spacial score (nSPS) is 10.8. The quantitative estimate of drug-likeness (QED) is 0.407. The number of hydrogen-bond acceptors (Lipinski definition) is 2. The fourth-order valence-electron chi connectivity index (χ4n) is 1.85. The summed E-state index contributed by atoms with van der Waals surface area (Å²) in [6, 6.07) is 5.51. The molecular weight excluding hydrogens is 415 g/mol. The lowest BCUT2D eigenvalue weighted by molar-refractivity contribution is -0.116. The Morgan fingerprint density at radius 3 is 2.55 bits per heavy atom. The van der Waals surface area contributed by atoms with E-state index in [9.17, 15) is 4.79 Å². The van der Waals surface area contributed by atoms with Crippen LogP contribution in [0.2, 0.25) is 5.02 Å². The molecule has 0 unspecified atom stereocenters. The molecule has 0 fully saturated rings. The second kappa shape index (κ2) is 10.7. The van der Waals surface area contributed by atoms with Crippen LogP contribution in [-0.2, 0) is 4.79 Å². The molecule has 1 rings (SSSR count). The van der Waals surface area contributed by atoms with E-state index in [4.69, 9.17) is 17.3 Å². The van der Waals surface area contributed by atoms with Crippen molar-refractivity contribution >= 4 is 53.1 Å². The molecular formula is C15H24ClIN4O. The highest BCUT2D eigenvalue weighted by molar-refractivity contribution is 14.0. The van der Waals surface area contributed by atoms with Crippen LogP contribution in [0.3, 0.4) is 0 Å². The monoisotopic (exact) mass is 438 g/mol. The Balaban J connectivity index is 0.00000441. The Morgan fingerprint density at radius 1 is 1.36 bits per heavy atom. The smallest absolute Gasteiger partial charge is 0.226 e. The van der Waals surface area contributed by atoms with E-state index in [0.717, 1.165) is 18.7 Å². The number of aryl methyl sites for hydroxylation is 1. The fraction of sp³-hybridized carbons (Fsp3) is 0.467. The highest BCUT2D eigenvalue weighted by Gasteiger charge is 2.06. The van der Waals surface area contributed by atoms with Crippen LogP contribution >= 0.6 is 35.6 Å². The Hall–Kier alpha value is -1.02. The van der Waals surface area contributed by atoms with Gasteiger partial charge in [-0.05, 0) is 38.5 Å². The van der Waals surface area contributed by atoms with Gasteiger partial charge in [-0.2, -0.15) is 0 Å². The maximum Gasteiger partial charge on any atom is 0.226 e.